The lowest BCUT2D eigenvalue weighted by Crippen LogP contribution is -2.56. The maximum absolute atomic E-state index is 12.4. The standard InChI is InChI=1S/C21H31N5O7/c1-14(24-20(31)33-21(2,3)4)18(29)25-26(11-10-16(22)27)19(30)23-12-17(28)32-13-15-8-6-5-7-9-15/h5-9,14H,10-13H2,1-4H3,(H2,22,27)(H,23,30)(H,24,31)(H,25,29)/t14-/m0/s1. The molecular weight excluding hydrogens is 434 g/mol. The van der Waals surface area contributed by atoms with Crippen LogP contribution in [-0.4, -0.2) is 59.6 Å². The Morgan fingerprint density at radius 2 is 1.73 bits per heavy atom. The average Bonchev–Trinajstić information content (AvgIpc) is 2.72. The van der Waals surface area contributed by atoms with Crippen molar-refractivity contribution < 1.29 is 33.4 Å². The van der Waals surface area contributed by atoms with Gasteiger partial charge in [-0.3, -0.25) is 19.8 Å². The van der Waals surface area contributed by atoms with Gasteiger partial charge in [0.05, 0.1) is 6.54 Å². The zero-order chi connectivity index (χ0) is 25.0. The number of ether oxygens (including phenoxy) is 2. The third-order valence-corrected chi connectivity index (χ3v) is 3.83. The second-order valence-electron chi connectivity index (χ2n) is 8.02. The number of nitrogens with two attached hydrogens (primary N) is 1. The number of hydrazine groups is 1. The van der Waals surface area contributed by atoms with E-state index < -0.39 is 48.1 Å². The number of alkyl carbamates (subject to hydrolysis) is 1. The second kappa shape index (κ2) is 12.9. The summed E-state index contributed by atoms with van der Waals surface area (Å²) in [5.41, 5.74) is 7.41. The number of nitrogens with one attached hydrogen (secondary N) is 3. The fraction of sp³-hybridized carbons (Fsp3) is 0.476. The Morgan fingerprint density at radius 1 is 1.09 bits per heavy atom. The van der Waals surface area contributed by atoms with Crippen LogP contribution in [0.1, 0.15) is 39.7 Å². The number of benzene rings is 1. The number of esters is 1. The molecule has 0 heterocycles. The van der Waals surface area contributed by atoms with Crippen molar-refractivity contribution in [1.29, 1.82) is 0 Å². The van der Waals surface area contributed by atoms with Crippen molar-refractivity contribution in [2.24, 2.45) is 5.73 Å². The first-order valence-electron chi connectivity index (χ1n) is 10.2. The van der Waals surface area contributed by atoms with E-state index in [9.17, 15) is 24.0 Å². The van der Waals surface area contributed by atoms with Gasteiger partial charge >= 0.3 is 18.1 Å². The molecule has 0 aliphatic rings. The molecule has 33 heavy (non-hydrogen) atoms. The Hall–Kier alpha value is -3.83. The van der Waals surface area contributed by atoms with Crippen molar-refractivity contribution in [2.75, 3.05) is 13.1 Å². The summed E-state index contributed by atoms with van der Waals surface area (Å²) in [5.74, 6) is -2.16. The monoisotopic (exact) mass is 465 g/mol. The summed E-state index contributed by atoms with van der Waals surface area (Å²) >= 11 is 0. The van der Waals surface area contributed by atoms with E-state index in [4.69, 9.17) is 15.2 Å². The largest absolute Gasteiger partial charge is 0.460 e. The van der Waals surface area contributed by atoms with Gasteiger partial charge in [0, 0.05) is 6.42 Å². The first-order chi connectivity index (χ1) is 15.4. The number of nitrogens with zero attached hydrogens (tertiary/aromatic N) is 1. The summed E-state index contributed by atoms with van der Waals surface area (Å²) in [4.78, 5) is 59.7. The van der Waals surface area contributed by atoms with Gasteiger partial charge in [0.2, 0.25) is 5.91 Å². The second-order valence-corrected chi connectivity index (χ2v) is 8.02. The summed E-state index contributed by atoms with van der Waals surface area (Å²) in [6.07, 6.45) is -1.07. The molecule has 12 nitrogen and oxygen atoms in total. The van der Waals surface area contributed by atoms with Crippen LogP contribution in [0.2, 0.25) is 0 Å². The zero-order valence-corrected chi connectivity index (χ0v) is 19.2. The van der Waals surface area contributed by atoms with Gasteiger partial charge in [-0.1, -0.05) is 30.3 Å². The minimum absolute atomic E-state index is 0.0333. The van der Waals surface area contributed by atoms with Crippen molar-refractivity contribution in [3.63, 3.8) is 0 Å². The minimum atomic E-state index is -1.07. The van der Waals surface area contributed by atoms with Crippen LogP contribution in [0.25, 0.3) is 0 Å². The number of primary amides is 1. The molecule has 1 rings (SSSR count). The van der Waals surface area contributed by atoms with Crippen LogP contribution in [0, 0.1) is 0 Å². The quantitative estimate of drug-likeness (QED) is 0.305. The van der Waals surface area contributed by atoms with Crippen molar-refractivity contribution in [3.05, 3.63) is 35.9 Å². The normalized spacial score (nSPS) is 11.5. The van der Waals surface area contributed by atoms with Gasteiger partial charge in [-0.05, 0) is 33.3 Å². The molecule has 0 fully saturated rings. The molecule has 0 aliphatic heterocycles. The number of carbonyl (C=O) groups excluding carboxylic acids is 5. The van der Waals surface area contributed by atoms with E-state index in [-0.39, 0.29) is 19.6 Å². The van der Waals surface area contributed by atoms with Crippen molar-refractivity contribution in [3.8, 4) is 0 Å². The van der Waals surface area contributed by atoms with Gasteiger partial charge in [-0.15, -0.1) is 0 Å². The van der Waals surface area contributed by atoms with E-state index in [0.717, 1.165) is 10.6 Å². The predicted molar refractivity (Wildman–Crippen MR) is 117 cm³/mol. The Morgan fingerprint density at radius 3 is 2.30 bits per heavy atom. The van der Waals surface area contributed by atoms with Crippen LogP contribution in [0.3, 0.4) is 0 Å². The summed E-state index contributed by atoms with van der Waals surface area (Å²) in [6.45, 7) is 5.68. The van der Waals surface area contributed by atoms with Gasteiger partial charge in [0.15, 0.2) is 0 Å². The molecule has 0 saturated heterocycles. The molecule has 0 bridgehead atoms. The lowest BCUT2D eigenvalue weighted by Gasteiger charge is -2.26. The van der Waals surface area contributed by atoms with Gasteiger partial charge in [-0.2, -0.15) is 0 Å². The van der Waals surface area contributed by atoms with Crippen molar-refractivity contribution >= 4 is 29.9 Å². The Kier molecular flexibility index (Phi) is 10.6. The Bertz CT molecular complexity index is 839. The number of amides is 5. The van der Waals surface area contributed by atoms with Crippen molar-refractivity contribution in [2.45, 2.75) is 52.4 Å². The third kappa shape index (κ3) is 12.0. The molecule has 0 aliphatic carbocycles. The van der Waals surface area contributed by atoms with Crippen LogP contribution in [0.15, 0.2) is 30.3 Å². The first kappa shape index (κ1) is 27.2. The van der Waals surface area contributed by atoms with Crippen LogP contribution in [0.4, 0.5) is 9.59 Å². The topological polar surface area (TPSA) is 169 Å². The highest BCUT2D eigenvalue weighted by atomic mass is 16.6. The fourth-order valence-electron chi connectivity index (χ4n) is 2.24. The average molecular weight is 466 g/mol. The number of rotatable bonds is 9. The zero-order valence-electron chi connectivity index (χ0n) is 19.2. The molecule has 5 amide bonds. The number of carbonyl (C=O) groups is 5. The molecular formula is C21H31N5O7. The highest BCUT2D eigenvalue weighted by molar-refractivity contribution is 5.88. The van der Waals surface area contributed by atoms with E-state index in [2.05, 4.69) is 16.1 Å². The summed E-state index contributed by atoms with van der Waals surface area (Å²) in [5, 5.41) is 5.41. The Labute approximate surface area is 192 Å². The minimum Gasteiger partial charge on any atom is -0.460 e. The van der Waals surface area contributed by atoms with E-state index in [1.165, 1.54) is 6.92 Å². The fourth-order valence-corrected chi connectivity index (χ4v) is 2.24. The van der Waals surface area contributed by atoms with E-state index in [0.29, 0.717) is 0 Å². The van der Waals surface area contributed by atoms with Crippen LogP contribution in [-0.2, 0) is 30.5 Å². The van der Waals surface area contributed by atoms with E-state index in [1.807, 2.05) is 6.07 Å². The third-order valence-electron chi connectivity index (χ3n) is 3.83. The first-order valence-corrected chi connectivity index (χ1v) is 10.2. The number of hydrogen-bond acceptors (Lipinski definition) is 7. The highest BCUT2D eigenvalue weighted by Gasteiger charge is 2.24. The summed E-state index contributed by atoms with van der Waals surface area (Å²) in [6, 6.07) is 7.03. The Balaban J connectivity index is 2.60. The molecule has 0 unspecified atom stereocenters. The maximum atomic E-state index is 12.4. The van der Waals surface area contributed by atoms with Gasteiger partial charge < -0.3 is 25.8 Å². The predicted octanol–water partition coefficient (Wildman–Crippen LogP) is 0.561. The summed E-state index contributed by atoms with van der Waals surface area (Å²) < 4.78 is 10.1. The molecule has 1 atom stereocenters. The molecule has 182 valence electrons. The molecule has 1 aromatic carbocycles. The highest BCUT2D eigenvalue weighted by Crippen LogP contribution is 2.06. The molecule has 5 N–H and O–H groups in total. The van der Waals surface area contributed by atoms with Gasteiger partial charge in [0.1, 0.15) is 24.8 Å². The summed E-state index contributed by atoms with van der Waals surface area (Å²) in [7, 11) is 0. The molecule has 0 saturated carbocycles. The van der Waals surface area contributed by atoms with Crippen molar-refractivity contribution in [1.82, 2.24) is 21.1 Å². The molecule has 0 spiro atoms. The van der Waals surface area contributed by atoms with E-state index in [1.54, 1.807) is 45.0 Å². The molecule has 0 radical (unpaired) electrons. The lowest BCUT2D eigenvalue weighted by atomic mass is 10.2. The SMILES string of the molecule is C[C@H](NC(=O)OC(C)(C)C)C(=O)NN(CCC(N)=O)C(=O)NCC(=O)OCc1ccccc1. The maximum Gasteiger partial charge on any atom is 0.408 e. The molecule has 12 heteroatoms. The molecule has 1 aromatic rings. The van der Waals surface area contributed by atoms with E-state index >= 15 is 0 Å². The smallest absolute Gasteiger partial charge is 0.408 e. The van der Waals surface area contributed by atoms with Gasteiger partial charge in [0.25, 0.3) is 5.91 Å². The van der Waals surface area contributed by atoms with Gasteiger partial charge in [-0.25, -0.2) is 14.6 Å². The number of urea groups is 1. The van der Waals surface area contributed by atoms with Crippen LogP contribution >= 0.6 is 0 Å². The van der Waals surface area contributed by atoms with Crippen LogP contribution < -0.4 is 21.8 Å². The molecule has 0 aromatic heterocycles. The van der Waals surface area contributed by atoms with Crippen LogP contribution in [0.5, 0.6) is 0 Å². The number of hydrogen-bond donors (Lipinski definition) is 4. The lowest BCUT2D eigenvalue weighted by molar-refractivity contribution is -0.143.